The minimum Gasteiger partial charge on any atom is -0.496 e. The number of nitriles is 1. The molecule has 0 fully saturated rings. The Morgan fingerprint density at radius 3 is 2.90 bits per heavy atom. The molecule has 0 bridgehead atoms. The zero-order valence-electron chi connectivity index (χ0n) is 11.3. The average Bonchev–Trinajstić information content (AvgIpc) is 2.47. The van der Waals surface area contributed by atoms with Gasteiger partial charge in [0, 0.05) is 30.4 Å². The third-order valence-electron chi connectivity index (χ3n) is 2.92. The normalized spacial score (nSPS) is 9.90. The first kappa shape index (κ1) is 14.2. The van der Waals surface area contributed by atoms with Crippen molar-refractivity contribution in [3.8, 4) is 11.8 Å². The number of anilines is 1. The molecule has 5 heteroatoms. The Bertz CT molecular complexity index is 652. The summed E-state index contributed by atoms with van der Waals surface area (Å²) >= 11 is 6.02. The van der Waals surface area contributed by atoms with Gasteiger partial charge in [-0.25, -0.2) is 4.98 Å². The highest BCUT2D eigenvalue weighted by Gasteiger charge is 2.12. The second-order valence-corrected chi connectivity index (χ2v) is 4.74. The summed E-state index contributed by atoms with van der Waals surface area (Å²) in [5.74, 6) is 1.40. The van der Waals surface area contributed by atoms with E-state index in [1.807, 2.05) is 24.1 Å². The van der Waals surface area contributed by atoms with Gasteiger partial charge in [-0.3, -0.25) is 0 Å². The van der Waals surface area contributed by atoms with Crippen molar-refractivity contribution >= 4 is 17.4 Å². The Balaban J connectivity index is 2.30. The zero-order valence-corrected chi connectivity index (χ0v) is 12.1. The quantitative estimate of drug-likeness (QED) is 0.866. The van der Waals surface area contributed by atoms with Gasteiger partial charge in [-0.1, -0.05) is 11.6 Å². The summed E-state index contributed by atoms with van der Waals surface area (Å²) in [7, 11) is 3.50. The molecule has 1 aromatic heterocycles. The lowest BCUT2D eigenvalue weighted by molar-refractivity contribution is 0.409. The van der Waals surface area contributed by atoms with E-state index < -0.39 is 0 Å². The molecule has 0 saturated heterocycles. The highest BCUT2D eigenvalue weighted by atomic mass is 35.5. The van der Waals surface area contributed by atoms with Crippen molar-refractivity contribution in [2.75, 3.05) is 19.1 Å². The molecule has 20 heavy (non-hydrogen) atoms. The van der Waals surface area contributed by atoms with Gasteiger partial charge in [0.2, 0.25) is 0 Å². The van der Waals surface area contributed by atoms with Crippen LogP contribution in [0, 0.1) is 11.3 Å². The van der Waals surface area contributed by atoms with Crippen molar-refractivity contribution in [3.05, 3.63) is 52.7 Å². The van der Waals surface area contributed by atoms with Crippen molar-refractivity contribution in [1.82, 2.24) is 4.98 Å². The van der Waals surface area contributed by atoms with E-state index in [4.69, 9.17) is 21.6 Å². The Kier molecular flexibility index (Phi) is 4.44. The van der Waals surface area contributed by atoms with Crippen LogP contribution >= 0.6 is 11.6 Å². The largest absolute Gasteiger partial charge is 0.496 e. The highest BCUT2D eigenvalue weighted by molar-refractivity contribution is 6.30. The summed E-state index contributed by atoms with van der Waals surface area (Å²) in [6, 6.07) is 11.1. The minimum atomic E-state index is 0.538. The van der Waals surface area contributed by atoms with Crippen LogP contribution in [0.4, 0.5) is 5.82 Å². The van der Waals surface area contributed by atoms with Gasteiger partial charge in [0.1, 0.15) is 17.6 Å². The average molecular weight is 288 g/mol. The molecular formula is C15H14ClN3O. The van der Waals surface area contributed by atoms with Crippen LogP contribution in [0.5, 0.6) is 5.75 Å². The van der Waals surface area contributed by atoms with E-state index in [1.165, 1.54) is 0 Å². The molecule has 0 saturated carbocycles. The number of methoxy groups -OCH3 is 1. The van der Waals surface area contributed by atoms with Gasteiger partial charge in [0.25, 0.3) is 0 Å². The van der Waals surface area contributed by atoms with Crippen LogP contribution in [0.3, 0.4) is 0 Å². The molecule has 0 spiro atoms. The summed E-state index contributed by atoms with van der Waals surface area (Å²) in [5, 5.41) is 9.76. The van der Waals surface area contributed by atoms with Crippen molar-refractivity contribution < 1.29 is 4.74 Å². The maximum absolute atomic E-state index is 9.12. The number of hydrogen-bond donors (Lipinski definition) is 0. The molecule has 4 nitrogen and oxygen atoms in total. The molecule has 0 atom stereocenters. The Labute approximate surface area is 123 Å². The molecule has 2 aromatic rings. The number of halogens is 1. The summed E-state index contributed by atoms with van der Waals surface area (Å²) in [5.41, 5.74) is 1.48. The maximum Gasteiger partial charge on any atom is 0.146 e. The van der Waals surface area contributed by atoms with Crippen molar-refractivity contribution in [3.63, 3.8) is 0 Å². The fourth-order valence-electron chi connectivity index (χ4n) is 1.99. The fourth-order valence-corrected chi connectivity index (χ4v) is 2.18. The predicted octanol–water partition coefficient (Wildman–Crippen LogP) is 3.25. The van der Waals surface area contributed by atoms with E-state index in [9.17, 15) is 0 Å². The molecule has 1 heterocycles. The fraction of sp³-hybridized carbons (Fsp3) is 0.200. The molecule has 2 rings (SSSR count). The topological polar surface area (TPSA) is 49.1 Å². The van der Waals surface area contributed by atoms with E-state index in [0.717, 1.165) is 11.3 Å². The molecule has 102 valence electrons. The first-order chi connectivity index (χ1) is 9.65. The van der Waals surface area contributed by atoms with Crippen molar-refractivity contribution in [1.29, 1.82) is 5.26 Å². The van der Waals surface area contributed by atoms with Gasteiger partial charge in [-0.05, 0) is 30.3 Å². The number of nitrogens with zero attached hydrogens (tertiary/aromatic N) is 3. The second-order valence-electron chi connectivity index (χ2n) is 4.30. The number of benzene rings is 1. The van der Waals surface area contributed by atoms with Crippen LogP contribution in [0.25, 0.3) is 0 Å². The number of rotatable bonds is 4. The monoisotopic (exact) mass is 287 g/mol. The Morgan fingerprint density at radius 2 is 2.20 bits per heavy atom. The SMILES string of the molecule is COc1ccc(Cl)cc1CN(C)c1ncccc1C#N. The third kappa shape index (κ3) is 3.01. The van der Waals surface area contributed by atoms with Gasteiger partial charge < -0.3 is 9.64 Å². The van der Waals surface area contributed by atoms with E-state index in [2.05, 4.69) is 11.1 Å². The van der Waals surface area contributed by atoms with E-state index in [0.29, 0.717) is 22.9 Å². The lowest BCUT2D eigenvalue weighted by Gasteiger charge is -2.20. The Morgan fingerprint density at radius 1 is 1.40 bits per heavy atom. The van der Waals surface area contributed by atoms with Crippen LogP contribution in [0.1, 0.15) is 11.1 Å². The van der Waals surface area contributed by atoms with Crippen LogP contribution in [-0.2, 0) is 6.54 Å². The third-order valence-corrected chi connectivity index (χ3v) is 3.15. The predicted molar refractivity (Wildman–Crippen MR) is 79.1 cm³/mol. The minimum absolute atomic E-state index is 0.538. The van der Waals surface area contributed by atoms with Gasteiger partial charge in [0.15, 0.2) is 0 Å². The molecule has 0 aliphatic carbocycles. The number of hydrogen-bond acceptors (Lipinski definition) is 4. The van der Waals surface area contributed by atoms with Gasteiger partial charge in [-0.2, -0.15) is 5.26 Å². The molecular weight excluding hydrogens is 274 g/mol. The molecule has 0 unspecified atom stereocenters. The van der Waals surface area contributed by atoms with Crippen LogP contribution < -0.4 is 9.64 Å². The van der Waals surface area contributed by atoms with E-state index in [1.54, 1.807) is 31.5 Å². The lowest BCUT2D eigenvalue weighted by atomic mass is 10.1. The highest BCUT2D eigenvalue weighted by Crippen LogP contribution is 2.25. The van der Waals surface area contributed by atoms with Crippen molar-refractivity contribution in [2.24, 2.45) is 0 Å². The zero-order chi connectivity index (χ0) is 14.5. The smallest absolute Gasteiger partial charge is 0.146 e. The summed E-state index contributed by atoms with van der Waals surface area (Å²) in [6.07, 6.45) is 1.67. The van der Waals surface area contributed by atoms with Gasteiger partial charge >= 0.3 is 0 Å². The van der Waals surface area contributed by atoms with Crippen LogP contribution in [0.2, 0.25) is 5.02 Å². The van der Waals surface area contributed by atoms with E-state index >= 15 is 0 Å². The molecule has 0 radical (unpaired) electrons. The van der Waals surface area contributed by atoms with Crippen LogP contribution in [-0.4, -0.2) is 19.1 Å². The maximum atomic E-state index is 9.12. The summed E-state index contributed by atoms with van der Waals surface area (Å²) in [6.45, 7) is 0.551. The lowest BCUT2D eigenvalue weighted by Crippen LogP contribution is -2.19. The second kappa shape index (κ2) is 6.27. The van der Waals surface area contributed by atoms with Crippen molar-refractivity contribution in [2.45, 2.75) is 6.54 Å². The summed E-state index contributed by atoms with van der Waals surface area (Å²) in [4.78, 5) is 6.15. The number of pyridine rings is 1. The first-order valence-corrected chi connectivity index (χ1v) is 6.42. The molecule has 0 amide bonds. The number of ether oxygens (including phenoxy) is 1. The van der Waals surface area contributed by atoms with Crippen LogP contribution in [0.15, 0.2) is 36.5 Å². The Hall–Kier alpha value is -2.25. The van der Waals surface area contributed by atoms with Gasteiger partial charge in [-0.15, -0.1) is 0 Å². The van der Waals surface area contributed by atoms with Gasteiger partial charge in [0.05, 0.1) is 12.7 Å². The molecule has 1 aromatic carbocycles. The molecule has 0 aliphatic heterocycles. The first-order valence-electron chi connectivity index (χ1n) is 6.04. The van der Waals surface area contributed by atoms with E-state index in [-0.39, 0.29) is 0 Å². The molecule has 0 N–H and O–H groups in total. The standard InChI is InChI=1S/C15H14ClN3O/c1-19(15-11(9-17)4-3-7-18-15)10-12-8-13(16)5-6-14(12)20-2/h3-8H,10H2,1-2H3. The molecule has 0 aliphatic rings. The summed E-state index contributed by atoms with van der Waals surface area (Å²) < 4.78 is 5.32. The number of aromatic nitrogens is 1.